The molecular formula is C15H20BrN3O2. The van der Waals surface area contributed by atoms with Crippen molar-refractivity contribution >= 4 is 27.7 Å². The highest BCUT2D eigenvalue weighted by molar-refractivity contribution is 9.10. The average molecular weight is 354 g/mol. The molecule has 0 aromatic heterocycles. The van der Waals surface area contributed by atoms with Gasteiger partial charge in [-0.3, -0.25) is 9.59 Å². The number of halogens is 1. The van der Waals surface area contributed by atoms with E-state index < -0.39 is 0 Å². The third-order valence-corrected chi connectivity index (χ3v) is 3.93. The molecule has 1 fully saturated rings. The molecule has 1 saturated heterocycles. The number of hydrogen-bond acceptors (Lipinski definition) is 3. The van der Waals surface area contributed by atoms with Crippen molar-refractivity contribution in [2.24, 2.45) is 0 Å². The van der Waals surface area contributed by atoms with Crippen LogP contribution in [0.2, 0.25) is 0 Å². The zero-order valence-corrected chi connectivity index (χ0v) is 13.4. The van der Waals surface area contributed by atoms with E-state index >= 15 is 0 Å². The van der Waals surface area contributed by atoms with E-state index in [1.807, 2.05) is 12.1 Å². The van der Waals surface area contributed by atoms with Crippen molar-refractivity contribution in [2.45, 2.75) is 25.3 Å². The quantitative estimate of drug-likeness (QED) is 0.749. The normalized spacial score (nSPS) is 18.0. The molecule has 21 heavy (non-hydrogen) atoms. The van der Waals surface area contributed by atoms with Gasteiger partial charge in [0.15, 0.2) is 0 Å². The van der Waals surface area contributed by atoms with Gasteiger partial charge in [0.05, 0.1) is 0 Å². The SMILES string of the molecule is O=C(CCNC(=O)c1ccc(Br)cc1)N[C@H]1CCCNC1. The summed E-state index contributed by atoms with van der Waals surface area (Å²) in [5.41, 5.74) is 0.593. The summed E-state index contributed by atoms with van der Waals surface area (Å²) in [6.45, 7) is 2.20. The van der Waals surface area contributed by atoms with E-state index in [-0.39, 0.29) is 17.9 Å². The molecule has 0 saturated carbocycles. The van der Waals surface area contributed by atoms with E-state index in [0.717, 1.165) is 30.4 Å². The summed E-state index contributed by atoms with van der Waals surface area (Å²) in [5, 5.41) is 8.99. The smallest absolute Gasteiger partial charge is 0.251 e. The van der Waals surface area contributed by atoms with E-state index in [1.54, 1.807) is 12.1 Å². The number of amides is 2. The summed E-state index contributed by atoms with van der Waals surface area (Å²) in [7, 11) is 0. The minimum Gasteiger partial charge on any atom is -0.352 e. The largest absolute Gasteiger partial charge is 0.352 e. The van der Waals surface area contributed by atoms with Crippen LogP contribution in [0.25, 0.3) is 0 Å². The number of hydrogen-bond donors (Lipinski definition) is 3. The Kier molecular flexibility index (Phi) is 6.20. The maximum Gasteiger partial charge on any atom is 0.251 e. The molecule has 114 valence electrons. The van der Waals surface area contributed by atoms with Crippen LogP contribution in [-0.2, 0) is 4.79 Å². The van der Waals surface area contributed by atoms with Crippen LogP contribution in [-0.4, -0.2) is 37.5 Å². The molecule has 5 nitrogen and oxygen atoms in total. The van der Waals surface area contributed by atoms with E-state index in [4.69, 9.17) is 0 Å². The molecule has 1 aromatic carbocycles. The van der Waals surface area contributed by atoms with Gasteiger partial charge in [0.25, 0.3) is 5.91 Å². The number of benzene rings is 1. The Hall–Kier alpha value is -1.40. The van der Waals surface area contributed by atoms with Crippen molar-refractivity contribution in [3.8, 4) is 0 Å². The summed E-state index contributed by atoms with van der Waals surface area (Å²) >= 11 is 3.32. The highest BCUT2D eigenvalue weighted by Gasteiger charge is 2.15. The zero-order chi connectivity index (χ0) is 15.1. The first kappa shape index (κ1) is 16.0. The van der Waals surface area contributed by atoms with Crippen LogP contribution in [0.5, 0.6) is 0 Å². The topological polar surface area (TPSA) is 70.2 Å². The first-order valence-electron chi connectivity index (χ1n) is 7.19. The first-order chi connectivity index (χ1) is 10.1. The van der Waals surface area contributed by atoms with Crippen LogP contribution in [0.4, 0.5) is 0 Å². The predicted octanol–water partition coefficient (Wildman–Crippen LogP) is 1.44. The Morgan fingerprint density at radius 3 is 2.71 bits per heavy atom. The maximum atomic E-state index is 11.9. The fourth-order valence-corrected chi connectivity index (χ4v) is 2.53. The number of nitrogens with one attached hydrogen (secondary N) is 3. The molecule has 0 aliphatic carbocycles. The fourth-order valence-electron chi connectivity index (χ4n) is 2.27. The van der Waals surface area contributed by atoms with Crippen molar-refractivity contribution in [3.05, 3.63) is 34.3 Å². The highest BCUT2D eigenvalue weighted by Crippen LogP contribution is 2.10. The van der Waals surface area contributed by atoms with Crippen LogP contribution >= 0.6 is 15.9 Å². The van der Waals surface area contributed by atoms with Crippen LogP contribution in [0.1, 0.15) is 29.6 Å². The molecule has 6 heteroatoms. The summed E-state index contributed by atoms with van der Waals surface area (Å²) in [5.74, 6) is -0.172. The van der Waals surface area contributed by atoms with Crippen molar-refractivity contribution in [3.63, 3.8) is 0 Å². The number of rotatable bonds is 5. The average Bonchev–Trinajstić information content (AvgIpc) is 2.49. The lowest BCUT2D eigenvalue weighted by atomic mass is 10.1. The van der Waals surface area contributed by atoms with Crippen LogP contribution in [0, 0.1) is 0 Å². The van der Waals surface area contributed by atoms with E-state index in [0.29, 0.717) is 18.5 Å². The zero-order valence-electron chi connectivity index (χ0n) is 11.8. The van der Waals surface area contributed by atoms with Gasteiger partial charge in [-0.15, -0.1) is 0 Å². The summed E-state index contributed by atoms with van der Waals surface area (Å²) in [6, 6.07) is 7.34. The molecule has 2 amide bonds. The first-order valence-corrected chi connectivity index (χ1v) is 7.98. The van der Waals surface area contributed by atoms with Crippen molar-refractivity contribution in [1.82, 2.24) is 16.0 Å². The molecule has 0 unspecified atom stereocenters. The van der Waals surface area contributed by atoms with Gasteiger partial charge in [-0.2, -0.15) is 0 Å². The second-order valence-corrected chi connectivity index (χ2v) is 6.04. The lowest BCUT2D eigenvalue weighted by molar-refractivity contribution is -0.121. The molecule has 1 aliphatic rings. The lowest BCUT2D eigenvalue weighted by Crippen LogP contribution is -2.46. The monoisotopic (exact) mass is 353 g/mol. The van der Waals surface area contributed by atoms with Gasteiger partial charge in [0.2, 0.25) is 5.91 Å². The van der Waals surface area contributed by atoms with Gasteiger partial charge in [-0.25, -0.2) is 0 Å². The van der Waals surface area contributed by atoms with Crippen molar-refractivity contribution in [1.29, 1.82) is 0 Å². The van der Waals surface area contributed by atoms with E-state index in [2.05, 4.69) is 31.9 Å². The second kappa shape index (κ2) is 8.14. The summed E-state index contributed by atoms with van der Waals surface area (Å²) in [6.07, 6.45) is 2.41. The van der Waals surface area contributed by atoms with Crippen LogP contribution in [0.15, 0.2) is 28.7 Å². The Bertz CT molecular complexity index is 484. The van der Waals surface area contributed by atoms with Crippen LogP contribution < -0.4 is 16.0 Å². The Balaban J connectivity index is 1.67. The summed E-state index contributed by atoms with van der Waals surface area (Å²) in [4.78, 5) is 23.6. The minimum atomic E-state index is -0.158. The standard InChI is InChI=1S/C15H20BrN3O2/c16-12-5-3-11(4-6-12)15(21)18-9-7-14(20)19-13-2-1-8-17-10-13/h3-6,13,17H,1-2,7-10H2,(H,18,21)(H,19,20)/t13-/m0/s1. The molecule has 0 spiro atoms. The molecule has 0 bridgehead atoms. The predicted molar refractivity (Wildman–Crippen MR) is 85.1 cm³/mol. The number of piperidine rings is 1. The highest BCUT2D eigenvalue weighted by atomic mass is 79.9. The van der Waals surface area contributed by atoms with Gasteiger partial charge < -0.3 is 16.0 Å². The van der Waals surface area contributed by atoms with Crippen LogP contribution in [0.3, 0.4) is 0 Å². The van der Waals surface area contributed by atoms with E-state index in [9.17, 15) is 9.59 Å². The molecule has 1 atom stereocenters. The maximum absolute atomic E-state index is 11.9. The molecule has 1 aromatic rings. The van der Waals surface area contributed by atoms with E-state index in [1.165, 1.54) is 0 Å². The minimum absolute atomic E-state index is 0.0141. The van der Waals surface area contributed by atoms with Gasteiger partial charge in [-0.05, 0) is 43.7 Å². The van der Waals surface area contributed by atoms with Gasteiger partial charge in [0.1, 0.15) is 0 Å². The summed E-state index contributed by atoms with van der Waals surface area (Å²) < 4.78 is 0.930. The van der Waals surface area contributed by atoms with Crippen molar-refractivity contribution in [2.75, 3.05) is 19.6 Å². The molecule has 0 radical (unpaired) electrons. The Labute approximate surface area is 133 Å². The molecule has 1 heterocycles. The Morgan fingerprint density at radius 1 is 1.29 bits per heavy atom. The fraction of sp³-hybridized carbons (Fsp3) is 0.467. The molecular weight excluding hydrogens is 334 g/mol. The second-order valence-electron chi connectivity index (χ2n) is 5.12. The van der Waals surface area contributed by atoms with Gasteiger partial charge in [0, 0.05) is 35.6 Å². The third-order valence-electron chi connectivity index (χ3n) is 3.41. The molecule has 2 rings (SSSR count). The number of carbonyl (C=O) groups is 2. The third kappa shape index (κ3) is 5.47. The molecule has 3 N–H and O–H groups in total. The Morgan fingerprint density at radius 2 is 2.05 bits per heavy atom. The lowest BCUT2D eigenvalue weighted by Gasteiger charge is -2.23. The van der Waals surface area contributed by atoms with Crippen molar-refractivity contribution < 1.29 is 9.59 Å². The van der Waals surface area contributed by atoms with Gasteiger partial charge in [-0.1, -0.05) is 15.9 Å². The molecule has 1 aliphatic heterocycles. The number of carbonyl (C=O) groups excluding carboxylic acids is 2. The van der Waals surface area contributed by atoms with Gasteiger partial charge >= 0.3 is 0 Å².